The molecule has 6 nitrogen and oxygen atoms in total. The fourth-order valence-electron chi connectivity index (χ4n) is 2.01. The number of aliphatic hydroxyl groups is 2. The van der Waals surface area contributed by atoms with Crippen molar-refractivity contribution in [3.63, 3.8) is 0 Å². The van der Waals surface area contributed by atoms with Gasteiger partial charge in [0.05, 0.1) is 6.61 Å². The number of fused-ring (bicyclic) bond motifs is 2. The first-order valence-corrected chi connectivity index (χ1v) is 5.53. The number of rotatable bonds is 4. The van der Waals surface area contributed by atoms with Crippen molar-refractivity contribution in [1.29, 1.82) is 0 Å². The molecule has 6 heteroatoms. The zero-order valence-electron chi connectivity index (χ0n) is 9.41. The third-order valence-electron chi connectivity index (χ3n) is 2.82. The Morgan fingerprint density at radius 2 is 2.12 bits per heavy atom. The molecule has 2 saturated heterocycles. The van der Waals surface area contributed by atoms with Crippen molar-refractivity contribution in [1.82, 2.24) is 0 Å². The largest absolute Gasteiger partial charge is 0.387 e. The number of ether oxygens (including phenoxy) is 4. The monoisotopic (exact) mass is 234 g/mol. The van der Waals surface area contributed by atoms with Gasteiger partial charge in [0.15, 0.2) is 12.6 Å². The third-order valence-corrected chi connectivity index (χ3v) is 2.82. The van der Waals surface area contributed by atoms with Gasteiger partial charge in [0, 0.05) is 6.61 Å². The highest BCUT2D eigenvalue weighted by molar-refractivity contribution is 4.93. The smallest absolute Gasteiger partial charge is 0.187 e. The van der Waals surface area contributed by atoms with Crippen LogP contribution in [0.15, 0.2) is 0 Å². The number of hydrogen-bond acceptors (Lipinski definition) is 6. The maximum absolute atomic E-state index is 9.84. The summed E-state index contributed by atoms with van der Waals surface area (Å²) in [6.45, 7) is 4.38. The summed E-state index contributed by atoms with van der Waals surface area (Å²) in [6.07, 6.45) is -4.24. The summed E-state index contributed by atoms with van der Waals surface area (Å²) < 4.78 is 21.3. The summed E-state index contributed by atoms with van der Waals surface area (Å²) in [5, 5.41) is 19.5. The van der Waals surface area contributed by atoms with Gasteiger partial charge in [-0.15, -0.1) is 0 Å². The van der Waals surface area contributed by atoms with Gasteiger partial charge in [-0.05, 0) is 13.8 Å². The first-order valence-electron chi connectivity index (χ1n) is 5.53. The lowest BCUT2D eigenvalue weighted by atomic mass is 10.0. The lowest BCUT2D eigenvalue weighted by molar-refractivity contribution is -0.281. The van der Waals surface area contributed by atoms with Gasteiger partial charge in [0.2, 0.25) is 0 Å². The van der Waals surface area contributed by atoms with Crippen LogP contribution in [0.25, 0.3) is 0 Å². The van der Waals surface area contributed by atoms with Gasteiger partial charge in [-0.3, -0.25) is 0 Å². The van der Waals surface area contributed by atoms with Crippen LogP contribution in [0.4, 0.5) is 0 Å². The molecule has 2 bridgehead atoms. The Bertz CT molecular complexity index is 235. The molecule has 2 fully saturated rings. The van der Waals surface area contributed by atoms with Gasteiger partial charge in [-0.2, -0.15) is 0 Å². The standard InChI is InChI=1S/C10H18O6/c1-3-13-5(2)15-9-8(12)7(11)6-4-14-10(9)16-6/h5-12H,3-4H2,1-2H3/t5?,6-,7-,8+,9+,10-/m1/s1. The Morgan fingerprint density at radius 1 is 1.38 bits per heavy atom. The van der Waals surface area contributed by atoms with Crippen molar-refractivity contribution < 1.29 is 29.2 Å². The highest BCUT2D eigenvalue weighted by Crippen LogP contribution is 2.30. The molecule has 16 heavy (non-hydrogen) atoms. The summed E-state index contributed by atoms with van der Waals surface area (Å²) in [7, 11) is 0. The van der Waals surface area contributed by atoms with Crippen molar-refractivity contribution in [3.8, 4) is 0 Å². The van der Waals surface area contributed by atoms with Crippen LogP contribution in [0, 0.1) is 0 Å². The maximum atomic E-state index is 9.84. The van der Waals surface area contributed by atoms with Crippen molar-refractivity contribution in [2.45, 2.75) is 50.8 Å². The van der Waals surface area contributed by atoms with Gasteiger partial charge in [-0.25, -0.2) is 0 Å². The Hall–Kier alpha value is -0.240. The summed E-state index contributed by atoms with van der Waals surface area (Å²) in [4.78, 5) is 0. The molecule has 0 aromatic carbocycles. The number of hydrogen-bond donors (Lipinski definition) is 2. The predicted molar refractivity (Wildman–Crippen MR) is 52.6 cm³/mol. The molecular formula is C10H18O6. The SMILES string of the molecule is CCOC(C)O[C@@H]1[C@@H]2OC[C@@H](O2)[C@@H](O)[C@@H]1O. The Balaban J connectivity index is 1.96. The molecule has 0 amide bonds. The van der Waals surface area contributed by atoms with Crippen molar-refractivity contribution >= 4 is 0 Å². The van der Waals surface area contributed by atoms with Gasteiger partial charge in [0.1, 0.15) is 24.4 Å². The van der Waals surface area contributed by atoms with Crippen molar-refractivity contribution in [3.05, 3.63) is 0 Å². The summed E-state index contributed by atoms with van der Waals surface area (Å²) >= 11 is 0. The fourth-order valence-corrected chi connectivity index (χ4v) is 2.01. The van der Waals surface area contributed by atoms with Crippen LogP contribution in [0.1, 0.15) is 13.8 Å². The molecule has 0 aromatic rings. The molecule has 2 N–H and O–H groups in total. The van der Waals surface area contributed by atoms with Gasteiger partial charge >= 0.3 is 0 Å². The van der Waals surface area contributed by atoms with Crippen LogP contribution in [0.3, 0.4) is 0 Å². The van der Waals surface area contributed by atoms with E-state index in [2.05, 4.69) is 0 Å². The zero-order valence-corrected chi connectivity index (χ0v) is 9.41. The molecule has 2 rings (SSSR count). The van der Waals surface area contributed by atoms with E-state index in [1.165, 1.54) is 0 Å². The maximum Gasteiger partial charge on any atom is 0.187 e. The molecule has 6 atom stereocenters. The van der Waals surface area contributed by atoms with Crippen molar-refractivity contribution in [2.24, 2.45) is 0 Å². The first kappa shape index (κ1) is 12.2. The molecule has 0 aliphatic carbocycles. The highest BCUT2D eigenvalue weighted by atomic mass is 16.8. The Labute approximate surface area is 94.1 Å². The zero-order chi connectivity index (χ0) is 11.7. The van der Waals surface area contributed by atoms with Crippen LogP contribution in [0.2, 0.25) is 0 Å². The third kappa shape index (κ3) is 2.22. The molecular weight excluding hydrogens is 216 g/mol. The lowest BCUT2D eigenvalue weighted by Gasteiger charge is -2.36. The fraction of sp³-hybridized carbons (Fsp3) is 1.00. The first-order chi connectivity index (χ1) is 7.63. The minimum Gasteiger partial charge on any atom is -0.387 e. The molecule has 2 aliphatic rings. The van der Waals surface area contributed by atoms with Crippen LogP contribution in [-0.2, 0) is 18.9 Å². The van der Waals surface area contributed by atoms with E-state index in [0.29, 0.717) is 6.61 Å². The molecule has 0 radical (unpaired) electrons. The molecule has 1 unspecified atom stereocenters. The summed E-state index contributed by atoms with van der Waals surface area (Å²) in [6, 6.07) is 0. The molecule has 2 aliphatic heterocycles. The van der Waals surface area contributed by atoms with E-state index in [-0.39, 0.29) is 6.61 Å². The topological polar surface area (TPSA) is 77.4 Å². The van der Waals surface area contributed by atoms with Crippen LogP contribution >= 0.6 is 0 Å². The summed E-state index contributed by atoms with van der Waals surface area (Å²) in [5.41, 5.74) is 0. The molecule has 0 aromatic heterocycles. The minimum absolute atomic E-state index is 0.284. The molecule has 0 saturated carbocycles. The molecule has 2 heterocycles. The molecule has 94 valence electrons. The van der Waals surface area contributed by atoms with E-state index in [0.717, 1.165) is 0 Å². The van der Waals surface area contributed by atoms with E-state index < -0.39 is 37.0 Å². The van der Waals surface area contributed by atoms with E-state index in [4.69, 9.17) is 18.9 Å². The Kier molecular flexibility index (Phi) is 3.78. The van der Waals surface area contributed by atoms with E-state index >= 15 is 0 Å². The minimum atomic E-state index is -1.01. The van der Waals surface area contributed by atoms with Gasteiger partial charge in [-0.1, -0.05) is 0 Å². The lowest BCUT2D eigenvalue weighted by Crippen LogP contribution is -2.55. The second-order valence-corrected chi connectivity index (χ2v) is 3.98. The van der Waals surface area contributed by atoms with E-state index in [1.54, 1.807) is 6.92 Å². The average Bonchev–Trinajstić information content (AvgIpc) is 2.69. The average molecular weight is 234 g/mol. The van der Waals surface area contributed by atoms with Gasteiger partial charge in [0.25, 0.3) is 0 Å². The van der Waals surface area contributed by atoms with Crippen LogP contribution in [0.5, 0.6) is 0 Å². The van der Waals surface area contributed by atoms with E-state index in [1.807, 2.05) is 6.92 Å². The number of aliphatic hydroxyl groups excluding tert-OH is 2. The van der Waals surface area contributed by atoms with Gasteiger partial charge < -0.3 is 29.2 Å². The van der Waals surface area contributed by atoms with Crippen LogP contribution in [-0.4, -0.2) is 60.4 Å². The summed E-state index contributed by atoms with van der Waals surface area (Å²) in [5.74, 6) is 0. The quantitative estimate of drug-likeness (QED) is 0.622. The van der Waals surface area contributed by atoms with Crippen LogP contribution < -0.4 is 0 Å². The highest BCUT2D eigenvalue weighted by Gasteiger charge is 2.50. The normalized spacial score (nSPS) is 44.6. The van der Waals surface area contributed by atoms with Crippen molar-refractivity contribution in [2.75, 3.05) is 13.2 Å². The Morgan fingerprint density at radius 3 is 2.81 bits per heavy atom. The predicted octanol–water partition coefficient (Wildman–Crippen LogP) is -0.769. The molecule has 0 spiro atoms. The second kappa shape index (κ2) is 4.95. The second-order valence-electron chi connectivity index (χ2n) is 3.98. The van der Waals surface area contributed by atoms with E-state index in [9.17, 15) is 10.2 Å².